The number of rotatable bonds is 1. The second kappa shape index (κ2) is 6.03. The Balaban J connectivity index is 1.88. The number of hydrogen-bond donors (Lipinski definition) is 0. The molecule has 1 amide bonds. The molecule has 4 rings (SSSR count). The summed E-state index contributed by atoms with van der Waals surface area (Å²) in [6.45, 7) is 6.03. The molecule has 124 valence electrons. The molecule has 0 spiro atoms. The van der Waals surface area contributed by atoms with E-state index >= 15 is 0 Å². The topological polar surface area (TPSA) is 39.2 Å². The highest BCUT2D eigenvalue weighted by Gasteiger charge is 2.29. The van der Waals surface area contributed by atoms with Gasteiger partial charge in [-0.1, -0.05) is 12.1 Å². The molecule has 1 aromatic carbocycles. The summed E-state index contributed by atoms with van der Waals surface area (Å²) < 4.78 is 0. The lowest BCUT2D eigenvalue weighted by molar-refractivity contribution is -0.106. The lowest BCUT2D eigenvalue weighted by Gasteiger charge is -2.34. The van der Waals surface area contributed by atoms with Crippen LogP contribution in [0.2, 0.25) is 0 Å². The molecule has 1 fully saturated rings. The second-order valence-corrected chi connectivity index (χ2v) is 7.50. The quantitative estimate of drug-likeness (QED) is 0.749. The summed E-state index contributed by atoms with van der Waals surface area (Å²) in [4.78, 5) is 24.4. The molecule has 3 heterocycles. The second-order valence-electron chi connectivity index (χ2n) is 6.27. The molecule has 2 aliphatic rings. The number of amides is 1. The fourth-order valence-corrected chi connectivity index (χ4v) is 4.23. The van der Waals surface area contributed by atoms with Crippen molar-refractivity contribution >= 4 is 40.0 Å². The summed E-state index contributed by atoms with van der Waals surface area (Å²) in [5, 5.41) is 0.963. The Hall–Kier alpha value is -2.18. The number of carbonyl (C=O) groups is 1. The number of anilines is 2. The molecule has 2 aromatic rings. The van der Waals surface area contributed by atoms with Gasteiger partial charge in [-0.15, -0.1) is 11.3 Å². The van der Waals surface area contributed by atoms with Gasteiger partial charge in [0.15, 0.2) is 0 Å². The Morgan fingerprint density at radius 1 is 1.17 bits per heavy atom. The predicted octanol–water partition coefficient (Wildman–Crippen LogP) is 2.99. The Kier molecular flexibility index (Phi) is 3.86. The first kappa shape index (κ1) is 15.4. The van der Waals surface area contributed by atoms with E-state index in [0.29, 0.717) is 0 Å². The van der Waals surface area contributed by atoms with Crippen molar-refractivity contribution in [2.75, 3.05) is 38.1 Å². The number of aliphatic imine (C=N–C) groups is 1. The van der Waals surface area contributed by atoms with Crippen LogP contribution in [0.1, 0.15) is 10.4 Å². The Morgan fingerprint density at radius 2 is 1.92 bits per heavy atom. The van der Waals surface area contributed by atoms with Crippen molar-refractivity contribution in [2.45, 2.75) is 6.92 Å². The van der Waals surface area contributed by atoms with Crippen molar-refractivity contribution in [1.29, 1.82) is 0 Å². The zero-order valence-corrected chi connectivity index (χ0v) is 14.7. The van der Waals surface area contributed by atoms with E-state index < -0.39 is 0 Å². The van der Waals surface area contributed by atoms with Crippen LogP contribution in [-0.2, 0) is 4.79 Å². The average molecular weight is 340 g/mol. The van der Waals surface area contributed by atoms with Crippen molar-refractivity contribution < 1.29 is 4.79 Å². The number of thiophene rings is 1. The van der Waals surface area contributed by atoms with Crippen LogP contribution in [0.3, 0.4) is 0 Å². The molecule has 0 saturated carbocycles. The highest BCUT2D eigenvalue weighted by atomic mass is 32.1. The molecule has 0 radical (unpaired) electrons. The Labute approximate surface area is 145 Å². The zero-order chi connectivity index (χ0) is 16.7. The van der Waals surface area contributed by atoms with Crippen molar-refractivity contribution in [2.24, 2.45) is 4.99 Å². The van der Waals surface area contributed by atoms with Gasteiger partial charge in [0.25, 0.3) is 0 Å². The van der Waals surface area contributed by atoms with Gasteiger partial charge in [-0.3, -0.25) is 9.69 Å². The standard InChI is InChI=1S/C18H20N4OS/c1-13-11-14-17(21-9-7-20(2)8-10-21)19-15-5-3-4-6-16(15)22(12-23)18(14)24-13/h3-6,11-12H,7-10H2,1-2H3. The van der Waals surface area contributed by atoms with Gasteiger partial charge < -0.3 is 9.80 Å². The van der Waals surface area contributed by atoms with Crippen LogP contribution >= 0.6 is 11.3 Å². The number of likely N-dealkylation sites (N-methyl/N-ethyl adjacent to an activating group) is 1. The van der Waals surface area contributed by atoms with Crippen LogP contribution in [-0.4, -0.2) is 55.3 Å². The third kappa shape index (κ3) is 2.52. The van der Waals surface area contributed by atoms with Gasteiger partial charge in [0.1, 0.15) is 10.8 Å². The van der Waals surface area contributed by atoms with Crippen molar-refractivity contribution in [1.82, 2.24) is 9.80 Å². The maximum Gasteiger partial charge on any atom is 0.219 e. The number of amidine groups is 1. The zero-order valence-electron chi connectivity index (χ0n) is 13.9. The van der Waals surface area contributed by atoms with Crippen molar-refractivity contribution in [3.63, 3.8) is 0 Å². The van der Waals surface area contributed by atoms with Gasteiger partial charge in [-0.2, -0.15) is 0 Å². The fraction of sp³-hybridized carbons (Fsp3) is 0.333. The Morgan fingerprint density at radius 3 is 2.67 bits per heavy atom. The number of piperazine rings is 1. The van der Waals surface area contributed by atoms with Crippen LogP contribution in [0.5, 0.6) is 0 Å². The number of nitrogens with zero attached hydrogens (tertiary/aromatic N) is 4. The largest absolute Gasteiger partial charge is 0.353 e. The van der Waals surface area contributed by atoms with Gasteiger partial charge in [-0.25, -0.2) is 4.99 Å². The molecular weight excluding hydrogens is 320 g/mol. The van der Waals surface area contributed by atoms with Gasteiger partial charge in [0.2, 0.25) is 6.41 Å². The highest BCUT2D eigenvalue weighted by Crippen LogP contribution is 2.43. The van der Waals surface area contributed by atoms with Gasteiger partial charge >= 0.3 is 0 Å². The lowest BCUT2D eigenvalue weighted by Crippen LogP contribution is -2.47. The number of aryl methyl sites for hydroxylation is 1. The molecular formula is C18H20N4OS. The maximum absolute atomic E-state index is 11.8. The molecule has 0 N–H and O–H groups in total. The smallest absolute Gasteiger partial charge is 0.219 e. The lowest BCUT2D eigenvalue weighted by atomic mass is 10.2. The number of para-hydroxylation sites is 2. The fourth-order valence-electron chi connectivity index (χ4n) is 3.25. The van der Waals surface area contributed by atoms with Gasteiger partial charge in [0.05, 0.1) is 16.9 Å². The predicted molar refractivity (Wildman–Crippen MR) is 99.0 cm³/mol. The summed E-state index contributed by atoms with van der Waals surface area (Å²) in [6, 6.07) is 10.0. The normalized spacial score (nSPS) is 17.8. The molecule has 1 saturated heterocycles. The number of hydrogen-bond acceptors (Lipinski definition) is 5. The minimum Gasteiger partial charge on any atom is -0.353 e. The Bertz CT molecular complexity index is 805. The van der Waals surface area contributed by atoms with Crippen molar-refractivity contribution in [3.05, 3.63) is 40.8 Å². The first-order valence-corrected chi connectivity index (χ1v) is 8.95. The first-order chi connectivity index (χ1) is 11.7. The van der Waals surface area contributed by atoms with E-state index in [1.54, 1.807) is 16.2 Å². The minimum atomic E-state index is 0.847. The molecule has 0 bridgehead atoms. The molecule has 2 aliphatic heterocycles. The molecule has 0 unspecified atom stereocenters. The highest BCUT2D eigenvalue weighted by molar-refractivity contribution is 7.16. The minimum absolute atomic E-state index is 0.847. The molecule has 5 nitrogen and oxygen atoms in total. The van der Waals surface area contributed by atoms with Crippen molar-refractivity contribution in [3.8, 4) is 0 Å². The monoisotopic (exact) mass is 340 g/mol. The summed E-state index contributed by atoms with van der Waals surface area (Å²) in [5.74, 6) is 0.985. The molecule has 0 atom stereocenters. The summed E-state index contributed by atoms with van der Waals surface area (Å²) >= 11 is 1.64. The maximum atomic E-state index is 11.8. The third-order valence-electron chi connectivity index (χ3n) is 4.57. The van der Waals surface area contributed by atoms with E-state index in [4.69, 9.17) is 4.99 Å². The average Bonchev–Trinajstić information content (AvgIpc) is 2.91. The van der Waals surface area contributed by atoms with E-state index in [0.717, 1.165) is 60.4 Å². The van der Waals surface area contributed by atoms with E-state index in [9.17, 15) is 4.79 Å². The van der Waals surface area contributed by atoms with E-state index in [1.807, 2.05) is 24.3 Å². The number of carbonyl (C=O) groups excluding carboxylic acids is 1. The summed E-state index contributed by atoms with van der Waals surface area (Å²) in [7, 11) is 2.15. The van der Waals surface area contributed by atoms with Crippen LogP contribution < -0.4 is 4.90 Å². The summed E-state index contributed by atoms with van der Waals surface area (Å²) in [6.07, 6.45) is 0.899. The molecule has 24 heavy (non-hydrogen) atoms. The van der Waals surface area contributed by atoms with Gasteiger partial charge in [-0.05, 0) is 32.2 Å². The van der Waals surface area contributed by atoms with E-state index in [-0.39, 0.29) is 0 Å². The molecule has 6 heteroatoms. The van der Waals surface area contributed by atoms with E-state index in [1.165, 1.54) is 4.88 Å². The number of fused-ring (bicyclic) bond motifs is 2. The van der Waals surface area contributed by atoms with E-state index in [2.05, 4.69) is 29.8 Å². The SMILES string of the molecule is Cc1cc2c(s1)N(C=O)c1ccccc1N=C2N1CCN(C)CC1. The molecule has 1 aromatic heterocycles. The van der Waals surface area contributed by atoms with Crippen LogP contribution in [0, 0.1) is 6.92 Å². The van der Waals surface area contributed by atoms with Crippen LogP contribution in [0.15, 0.2) is 35.3 Å². The first-order valence-electron chi connectivity index (χ1n) is 8.14. The number of benzene rings is 1. The summed E-state index contributed by atoms with van der Waals surface area (Å²) in [5.41, 5.74) is 2.75. The molecule has 0 aliphatic carbocycles. The van der Waals surface area contributed by atoms with Crippen LogP contribution in [0.25, 0.3) is 0 Å². The van der Waals surface area contributed by atoms with Gasteiger partial charge in [0, 0.05) is 31.1 Å². The third-order valence-corrected chi connectivity index (χ3v) is 5.62. The van der Waals surface area contributed by atoms with Crippen LogP contribution in [0.4, 0.5) is 16.4 Å².